The van der Waals surface area contributed by atoms with Crippen LogP contribution in [0.15, 0.2) is 58.6 Å². The number of urea groups is 1. The zero-order valence-corrected chi connectivity index (χ0v) is 26.1. The van der Waals surface area contributed by atoms with Crippen LogP contribution in [0.3, 0.4) is 0 Å². The molecule has 0 bridgehead atoms. The Kier molecular flexibility index (Phi) is 9.67. The van der Waals surface area contributed by atoms with E-state index < -0.39 is 0 Å². The highest BCUT2D eigenvalue weighted by atomic mass is 35.5. The number of carbonyl (C=O) groups is 1. The molecule has 4 rings (SSSR count). The summed E-state index contributed by atoms with van der Waals surface area (Å²) in [5.41, 5.74) is 16.1. The number of halogens is 2. The van der Waals surface area contributed by atoms with E-state index in [9.17, 15) is 4.79 Å². The van der Waals surface area contributed by atoms with Gasteiger partial charge in [0.25, 0.3) is 0 Å². The van der Waals surface area contributed by atoms with E-state index in [2.05, 4.69) is 19.2 Å². The summed E-state index contributed by atoms with van der Waals surface area (Å²) in [6.07, 6.45) is 2.83. The zero-order valence-electron chi connectivity index (χ0n) is 24.6. The maximum Gasteiger partial charge on any atom is 0.326 e. The van der Waals surface area contributed by atoms with E-state index in [0.717, 1.165) is 45.8 Å². The van der Waals surface area contributed by atoms with E-state index in [0.29, 0.717) is 53.0 Å². The summed E-state index contributed by atoms with van der Waals surface area (Å²) < 4.78 is 5.74. The van der Waals surface area contributed by atoms with Crippen LogP contribution >= 0.6 is 23.2 Å². The van der Waals surface area contributed by atoms with Crippen LogP contribution in [0.25, 0.3) is 0 Å². The second-order valence-electron chi connectivity index (χ2n) is 10.2. The zero-order chi connectivity index (χ0) is 29.8. The Balaban J connectivity index is 1.91. The van der Waals surface area contributed by atoms with Crippen LogP contribution in [0.5, 0.6) is 5.75 Å². The summed E-state index contributed by atoms with van der Waals surface area (Å²) in [7, 11) is 1.65. The highest BCUT2D eigenvalue weighted by Gasteiger charge is 2.27. The molecule has 0 radical (unpaired) electrons. The number of methoxy groups -OCH3 is 1. The van der Waals surface area contributed by atoms with Crippen LogP contribution in [0.2, 0.25) is 10.0 Å². The van der Waals surface area contributed by atoms with Crippen LogP contribution < -0.4 is 20.7 Å². The summed E-state index contributed by atoms with van der Waals surface area (Å²) in [5.74, 6) is 0.671. The average molecular weight is 594 g/mol. The van der Waals surface area contributed by atoms with Crippen molar-refractivity contribution in [1.29, 1.82) is 0 Å². The Morgan fingerprint density at radius 3 is 2.32 bits per heavy atom. The molecule has 0 unspecified atom stereocenters. The minimum absolute atomic E-state index is 0.290. The Morgan fingerprint density at radius 1 is 1.02 bits per heavy atom. The number of hydrogen-bond acceptors (Lipinski definition) is 4. The summed E-state index contributed by atoms with van der Waals surface area (Å²) in [5, 5.41) is 4.38. The average Bonchev–Trinajstić information content (AvgIpc) is 3.08. The number of carbonyl (C=O) groups excluding carboxylic acids is 1. The number of ether oxygens (including phenoxy) is 1. The third-order valence-corrected chi connectivity index (χ3v) is 8.45. The van der Waals surface area contributed by atoms with E-state index in [4.69, 9.17) is 38.7 Å². The molecule has 0 aromatic heterocycles. The molecule has 0 saturated heterocycles. The second-order valence-corrected chi connectivity index (χ2v) is 11.0. The van der Waals surface area contributed by atoms with Crippen molar-refractivity contribution in [3.05, 3.63) is 85.9 Å². The first-order valence-corrected chi connectivity index (χ1v) is 14.8. The van der Waals surface area contributed by atoms with Crippen molar-refractivity contribution < 1.29 is 9.53 Å². The van der Waals surface area contributed by atoms with Crippen LogP contribution in [-0.4, -0.2) is 18.9 Å². The maximum atomic E-state index is 14.4. The number of anilines is 3. The van der Waals surface area contributed by atoms with Gasteiger partial charge in [0, 0.05) is 27.0 Å². The molecule has 3 aromatic carbocycles. The van der Waals surface area contributed by atoms with Gasteiger partial charge in [-0.15, -0.1) is 0 Å². The smallest absolute Gasteiger partial charge is 0.326 e. The fourth-order valence-electron chi connectivity index (χ4n) is 5.41. The number of nitrogen functional groups attached to an aromatic ring is 1. The van der Waals surface area contributed by atoms with Gasteiger partial charge in [-0.05, 0) is 92.1 Å². The first kappa shape index (κ1) is 30.5. The summed E-state index contributed by atoms with van der Waals surface area (Å²) in [4.78, 5) is 21.1. The van der Waals surface area contributed by atoms with Crippen molar-refractivity contribution in [2.45, 2.75) is 66.8 Å². The summed E-state index contributed by atoms with van der Waals surface area (Å²) >= 11 is 12.8. The van der Waals surface area contributed by atoms with Crippen LogP contribution in [0.1, 0.15) is 63.3 Å². The van der Waals surface area contributed by atoms with Gasteiger partial charge in [0.15, 0.2) is 0 Å². The lowest BCUT2D eigenvalue weighted by molar-refractivity contribution is 0.256. The first-order chi connectivity index (χ1) is 19.6. The fraction of sp³-hybridized carbons (Fsp3) is 0.333. The number of hydrogen-bond donors (Lipinski definition) is 2. The topological polar surface area (TPSA) is 80.0 Å². The number of allylic oxidation sites excluding steroid dienone is 2. The monoisotopic (exact) mass is 592 g/mol. The fourth-order valence-corrected chi connectivity index (χ4v) is 5.88. The van der Waals surface area contributed by atoms with Crippen LogP contribution in [0, 0.1) is 0 Å². The van der Waals surface area contributed by atoms with Crippen molar-refractivity contribution in [3.8, 4) is 5.75 Å². The first-order valence-electron chi connectivity index (χ1n) is 14.0. The molecular weight excluding hydrogens is 555 g/mol. The van der Waals surface area contributed by atoms with Gasteiger partial charge in [-0.3, -0.25) is 4.90 Å². The van der Waals surface area contributed by atoms with Crippen molar-refractivity contribution >= 4 is 57.7 Å². The SMILES string of the molecule is CCC1=C(C)C(C)=Nc2c(OC)ccc(N(Cc3ccc(Cl)cc3)C(=O)Nc3c(CC)c(N)cc(Cl)c3CC)c2C1. The summed E-state index contributed by atoms with van der Waals surface area (Å²) in [6.45, 7) is 10.6. The second kappa shape index (κ2) is 13.0. The van der Waals surface area contributed by atoms with Crippen molar-refractivity contribution in [2.24, 2.45) is 4.99 Å². The van der Waals surface area contributed by atoms with Crippen LogP contribution in [0.4, 0.5) is 27.5 Å². The number of nitrogens with one attached hydrogen (secondary N) is 1. The molecule has 0 fully saturated rings. The predicted molar refractivity (Wildman–Crippen MR) is 174 cm³/mol. The van der Waals surface area contributed by atoms with E-state index in [1.54, 1.807) is 18.1 Å². The predicted octanol–water partition coefficient (Wildman–Crippen LogP) is 9.32. The molecular formula is C33H38Cl2N4O2. The minimum atomic E-state index is -0.290. The lowest BCUT2D eigenvalue weighted by atomic mass is 9.95. The van der Waals surface area contributed by atoms with Crippen molar-refractivity contribution in [2.75, 3.05) is 23.1 Å². The molecule has 3 N–H and O–H groups in total. The molecule has 8 heteroatoms. The molecule has 0 saturated carbocycles. The maximum absolute atomic E-state index is 14.4. The van der Waals surface area contributed by atoms with Gasteiger partial charge in [-0.1, -0.05) is 61.7 Å². The largest absolute Gasteiger partial charge is 0.494 e. The lowest BCUT2D eigenvalue weighted by Crippen LogP contribution is -2.36. The Bertz CT molecular complexity index is 1500. The van der Waals surface area contributed by atoms with Gasteiger partial charge in [-0.25, -0.2) is 9.79 Å². The Morgan fingerprint density at radius 2 is 1.71 bits per heavy atom. The molecule has 1 aliphatic heterocycles. The molecule has 2 amide bonds. The molecule has 0 spiro atoms. The number of nitrogens with zero attached hydrogens (tertiary/aromatic N) is 2. The third kappa shape index (κ3) is 6.24. The van der Waals surface area contributed by atoms with Crippen molar-refractivity contribution in [3.63, 3.8) is 0 Å². The number of fused-ring (bicyclic) bond motifs is 1. The number of benzene rings is 3. The number of amides is 2. The normalized spacial score (nSPS) is 12.9. The standard InChI is InChI=1S/C33H38Cl2N4O2/c1-7-22-16-26-29(14-15-30(41-6)32(26)37-20(5)19(22)4)39(18-21-10-12-23(34)13-11-21)33(40)38-31-24(8-2)27(35)17-28(36)25(31)9-3/h10-15,17H,7-9,16,18,36H2,1-6H3,(H,38,40). The van der Waals surface area contributed by atoms with E-state index >= 15 is 0 Å². The van der Waals surface area contributed by atoms with Gasteiger partial charge in [0.05, 0.1) is 25.0 Å². The molecule has 0 atom stereocenters. The van der Waals surface area contributed by atoms with E-state index in [1.165, 1.54) is 11.1 Å². The quantitative estimate of drug-likeness (QED) is 0.256. The van der Waals surface area contributed by atoms with E-state index in [-0.39, 0.29) is 6.03 Å². The molecule has 0 aliphatic carbocycles. The Hall–Kier alpha value is -3.48. The van der Waals surface area contributed by atoms with Gasteiger partial charge in [-0.2, -0.15) is 0 Å². The number of nitrogens with two attached hydrogens (primary N) is 1. The molecule has 1 heterocycles. The molecule has 41 heavy (non-hydrogen) atoms. The summed E-state index contributed by atoms with van der Waals surface area (Å²) in [6, 6.07) is 12.8. The number of rotatable bonds is 8. The highest BCUT2D eigenvalue weighted by Crippen LogP contribution is 2.43. The highest BCUT2D eigenvalue weighted by molar-refractivity contribution is 6.32. The molecule has 1 aliphatic rings. The van der Waals surface area contributed by atoms with Gasteiger partial charge in [0.1, 0.15) is 11.4 Å². The number of aliphatic imine (C=N–C) groups is 1. The molecule has 3 aromatic rings. The third-order valence-electron chi connectivity index (χ3n) is 7.86. The molecule has 216 valence electrons. The lowest BCUT2D eigenvalue weighted by Gasteiger charge is -2.28. The van der Waals surface area contributed by atoms with Crippen molar-refractivity contribution in [1.82, 2.24) is 0 Å². The van der Waals surface area contributed by atoms with Crippen LogP contribution in [-0.2, 0) is 25.8 Å². The van der Waals surface area contributed by atoms with Gasteiger partial charge in [0.2, 0.25) is 0 Å². The van der Waals surface area contributed by atoms with Gasteiger partial charge < -0.3 is 15.8 Å². The van der Waals surface area contributed by atoms with Gasteiger partial charge >= 0.3 is 6.03 Å². The van der Waals surface area contributed by atoms with E-state index in [1.807, 2.05) is 57.2 Å². The minimum Gasteiger partial charge on any atom is -0.494 e. The molecule has 6 nitrogen and oxygen atoms in total. The Labute approximate surface area is 253 Å².